The van der Waals surface area contributed by atoms with Gasteiger partial charge in [0.15, 0.2) is 5.78 Å². The molecule has 0 atom stereocenters. The number of ketones is 1. The van der Waals surface area contributed by atoms with Crippen LogP contribution in [0.3, 0.4) is 0 Å². The van der Waals surface area contributed by atoms with Crippen molar-refractivity contribution in [2.45, 2.75) is 31.2 Å². The van der Waals surface area contributed by atoms with Gasteiger partial charge < -0.3 is 5.32 Å². The summed E-state index contributed by atoms with van der Waals surface area (Å²) in [5, 5.41) is 13.4. The zero-order valence-corrected chi connectivity index (χ0v) is 19.5. The number of primary sulfonamides is 1. The van der Waals surface area contributed by atoms with Gasteiger partial charge in [-0.15, -0.1) is 0 Å². The second-order valence-corrected chi connectivity index (χ2v) is 9.96. The van der Waals surface area contributed by atoms with Crippen molar-refractivity contribution in [3.63, 3.8) is 0 Å². The van der Waals surface area contributed by atoms with Gasteiger partial charge >= 0.3 is 0 Å². The molecule has 0 spiro atoms. The third-order valence-electron chi connectivity index (χ3n) is 6.08. The molecule has 1 heterocycles. The molecule has 172 valence electrons. The average Bonchev–Trinajstić information content (AvgIpc) is 3.23. The smallest absolute Gasteiger partial charge is 0.238 e. The molecule has 1 aliphatic rings. The lowest BCUT2D eigenvalue weighted by Crippen LogP contribution is -2.12. The van der Waals surface area contributed by atoms with Crippen LogP contribution in [0, 0.1) is 0 Å². The van der Waals surface area contributed by atoms with Crippen LogP contribution >= 0.6 is 0 Å². The number of Topliss-reactive ketones (excluding diaryl/α,β-unsaturated/α-hetero) is 1. The number of carbonyl (C=O) groups is 1. The number of nitrogens with one attached hydrogen (secondary N) is 1. The molecule has 0 saturated heterocycles. The average molecular weight is 473 g/mol. The first-order valence-electron chi connectivity index (χ1n) is 11.0. The molecule has 1 aromatic heterocycles. The normalized spacial score (nSPS) is 12.6. The number of benzene rings is 3. The van der Waals surface area contributed by atoms with Crippen LogP contribution in [0.1, 0.15) is 34.1 Å². The van der Waals surface area contributed by atoms with Crippen LogP contribution < -0.4 is 10.5 Å². The lowest BCUT2D eigenvalue weighted by Gasteiger charge is -2.20. The van der Waals surface area contributed by atoms with E-state index in [0.717, 1.165) is 28.9 Å². The van der Waals surface area contributed by atoms with Crippen LogP contribution in [0.5, 0.6) is 0 Å². The molecule has 1 aliphatic carbocycles. The van der Waals surface area contributed by atoms with E-state index in [1.807, 2.05) is 18.2 Å². The van der Waals surface area contributed by atoms with E-state index in [0.29, 0.717) is 24.3 Å². The molecule has 0 aliphatic heterocycles. The maximum absolute atomic E-state index is 12.4. The Morgan fingerprint density at radius 2 is 1.76 bits per heavy atom. The Morgan fingerprint density at radius 1 is 1.03 bits per heavy atom. The predicted molar refractivity (Wildman–Crippen MR) is 132 cm³/mol. The Balaban J connectivity index is 1.59. The van der Waals surface area contributed by atoms with Crippen LogP contribution in [0.15, 0.2) is 77.7 Å². The standard InChI is InChI=1S/C26H24N4O3S/c1-17(31)25-23-14-8-19-7-9-20(28-16-18-5-3-2-4-6-18)15-24(19)26(23)30(29-25)21-10-12-22(13-11-21)34(27,32)33/h2-7,9-13,15,28H,8,14,16H2,1H3,(H2,27,32,33). The SMILES string of the molecule is CC(=O)c1nn(-c2ccc(S(N)(=O)=O)cc2)c2c1CCc1ccc(NCc3ccccc3)cc1-2. The molecule has 8 heteroatoms. The van der Waals surface area contributed by atoms with E-state index < -0.39 is 10.0 Å². The van der Waals surface area contributed by atoms with E-state index in [2.05, 4.69) is 40.7 Å². The molecule has 0 amide bonds. The third kappa shape index (κ3) is 4.13. The highest BCUT2D eigenvalue weighted by molar-refractivity contribution is 7.89. The lowest BCUT2D eigenvalue weighted by molar-refractivity contribution is 0.101. The quantitative estimate of drug-likeness (QED) is 0.411. The van der Waals surface area contributed by atoms with Gasteiger partial charge in [-0.1, -0.05) is 36.4 Å². The molecule has 0 fully saturated rings. The zero-order chi connectivity index (χ0) is 23.9. The molecule has 0 bridgehead atoms. The Kier molecular flexibility index (Phi) is 5.55. The largest absolute Gasteiger partial charge is 0.381 e. The number of hydrogen-bond acceptors (Lipinski definition) is 5. The first kappa shape index (κ1) is 22.1. The summed E-state index contributed by atoms with van der Waals surface area (Å²) in [5.41, 5.74) is 7.21. The van der Waals surface area contributed by atoms with E-state index >= 15 is 0 Å². The van der Waals surface area contributed by atoms with Crippen LogP contribution in [-0.2, 0) is 29.4 Å². The maximum Gasteiger partial charge on any atom is 0.238 e. The summed E-state index contributed by atoms with van der Waals surface area (Å²) in [6, 6.07) is 22.7. The van der Waals surface area contributed by atoms with Crippen molar-refractivity contribution in [1.82, 2.24) is 9.78 Å². The van der Waals surface area contributed by atoms with E-state index in [1.54, 1.807) is 16.8 Å². The number of hydrogen-bond donors (Lipinski definition) is 2. The van der Waals surface area contributed by atoms with Crippen molar-refractivity contribution in [1.29, 1.82) is 0 Å². The molecule has 0 radical (unpaired) electrons. The lowest BCUT2D eigenvalue weighted by atomic mass is 9.88. The minimum absolute atomic E-state index is 0.0249. The summed E-state index contributed by atoms with van der Waals surface area (Å²) in [6.07, 6.45) is 1.53. The molecular formula is C26H24N4O3S. The number of nitrogens with zero attached hydrogens (tertiary/aromatic N) is 2. The van der Waals surface area contributed by atoms with E-state index in [-0.39, 0.29) is 10.7 Å². The Bertz CT molecular complexity index is 1490. The summed E-state index contributed by atoms with van der Waals surface area (Å²) >= 11 is 0. The number of nitrogens with two attached hydrogens (primary N) is 1. The summed E-state index contributed by atoms with van der Waals surface area (Å²) in [4.78, 5) is 12.4. The van der Waals surface area contributed by atoms with Crippen molar-refractivity contribution >= 4 is 21.5 Å². The van der Waals surface area contributed by atoms with Crippen molar-refractivity contribution in [2.24, 2.45) is 5.14 Å². The monoisotopic (exact) mass is 472 g/mol. The number of sulfonamides is 1. The number of anilines is 1. The first-order valence-corrected chi connectivity index (χ1v) is 12.5. The topological polar surface area (TPSA) is 107 Å². The van der Waals surface area contributed by atoms with Crippen LogP contribution in [0.4, 0.5) is 5.69 Å². The molecule has 0 unspecified atom stereocenters. The van der Waals surface area contributed by atoms with Gasteiger partial charge in [0.25, 0.3) is 0 Å². The maximum atomic E-state index is 12.4. The van der Waals surface area contributed by atoms with Gasteiger partial charge in [0.05, 0.1) is 16.3 Å². The number of carbonyl (C=O) groups excluding carboxylic acids is 1. The Labute approximate surface area is 198 Å². The van der Waals surface area contributed by atoms with E-state index in [1.165, 1.54) is 30.2 Å². The van der Waals surface area contributed by atoms with Crippen LogP contribution in [-0.4, -0.2) is 24.0 Å². The fourth-order valence-corrected chi connectivity index (χ4v) is 4.91. The van der Waals surface area contributed by atoms with Crippen molar-refractivity contribution in [3.8, 4) is 16.9 Å². The zero-order valence-electron chi connectivity index (χ0n) is 18.7. The summed E-state index contributed by atoms with van der Waals surface area (Å²) in [6.45, 7) is 2.21. The highest BCUT2D eigenvalue weighted by atomic mass is 32.2. The first-order chi connectivity index (χ1) is 16.3. The number of aryl methyl sites for hydroxylation is 1. The fraction of sp³-hybridized carbons (Fsp3) is 0.154. The van der Waals surface area contributed by atoms with Gasteiger partial charge in [-0.05, 0) is 60.4 Å². The minimum Gasteiger partial charge on any atom is -0.381 e. The molecule has 0 saturated carbocycles. The highest BCUT2D eigenvalue weighted by Gasteiger charge is 2.28. The van der Waals surface area contributed by atoms with Gasteiger partial charge in [-0.25, -0.2) is 18.2 Å². The summed E-state index contributed by atoms with van der Waals surface area (Å²) in [7, 11) is -3.80. The molecule has 7 nitrogen and oxygen atoms in total. The number of aromatic nitrogens is 2. The second kappa shape index (κ2) is 8.55. The molecule has 4 aromatic rings. The molecule has 34 heavy (non-hydrogen) atoms. The van der Waals surface area contributed by atoms with Gasteiger partial charge in [0.2, 0.25) is 10.0 Å². The molecular weight excluding hydrogens is 448 g/mol. The van der Waals surface area contributed by atoms with Crippen molar-refractivity contribution in [2.75, 3.05) is 5.32 Å². The number of rotatable bonds is 6. The van der Waals surface area contributed by atoms with Crippen LogP contribution in [0.25, 0.3) is 16.9 Å². The van der Waals surface area contributed by atoms with E-state index in [9.17, 15) is 13.2 Å². The Morgan fingerprint density at radius 3 is 2.44 bits per heavy atom. The third-order valence-corrected chi connectivity index (χ3v) is 7.00. The predicted octanol–water partition coefficient (Wildman–Crippen LogP) is 4.10. The van der Waals surface area contributed by atoms with Gasteiger partial charge in [0.1, 0.15) is 5.69 Å². The van der Waals surface area contributed by atoms with Gasteiger partial charge in [0, 0.05) is 30.3 Å². The number of fused-ring (bicyclic) bond motifs is 3. The van der Waals surface area contributed by atoms with Crippen LogP contribution in [0.2, 0.25) is 0 Å². The van der Waals surface area contributed by atoms with E-state index in [4.69, 9.17) is 5.14 Å². The fourth-order valence-electron chi connectivity index (χ4n) is 4.40. The molecule has 3 aromatic carbocycles. The van der Waals surface area contributed by atoms with Gasteiger partial charge in [-0.3, -0.25) is 4.79 Å². The summed E-state index contributed by atoms with van der Waals surface area (Å²) in [5.74, 6) is -0.0991. The summed E-state index contributed by atoms with van der Waals surface area (Å²) < 4.78 is 25.1. The van der Waals surface area contributed by atoms with Gasteiger partial charge in [-0.2, -0.15) is 5.10 Å². The highest BCUT2D eigenvalue weighted by Crippen LogP contribution is 2.38. The molecule has 3 N–H and O–H groups in total. The van der Waals surface area contributed by atoms with Crippen molar-refractivity contribution in [3.05, 3.63) is 95.2 Å². The van der Waals surface area contributed by atoms with Crippen molar-refractivity contribution < 1.29 is 13.2 Å². The second-order valence-electron chi connectivity index (χ2n) is 8.39. The molecule has 5 rings (SSSR count). The Hall–Kier alpha value is -3.75. The minimum atomic E-state index is -3.80.